The zero-order valence-electron chi connectivity index (χ0n) is 19.7. The highest BCUT2D eigenvalue weighted by Crippen LogP contribution is 2.06. The number of hydrogen-bond donors (Lipinski definition) is 1. The molecule has 0 amide bonds. The average Bonchev–Trinajstić information content (AvgIpc) is 2.47. The molecule has 1 unspecified atom stereocenters. The number of Topliss-reactive ketones (excluding diaryl/α,β-unsaturated/α-hetero) is 1. The van der Waals surface area contributed by atoms with Crippen molar-refractivity contribution >= 4 is 5.78 Å². The molecule has 0 rings (SSSR count). The summed E-state index contributed by atoms with van der Waals surface area (Å²) in [5.41, 5.74) is 1.26. The van der Waals surface area contributed by atoms with E-state index in [4.69, 9.17) is 5.11 Å². The summed E-state index contributed by atoms with van der Waals surface area (Å²) in [5.74, 6) is 3.91. The molecule has 25 heavy (non-hydrogen) atoms. The first kappa shape index (κ1) is 32.1. The summed E-state index contributed by atoms with van der Waals surface area (Å²) < 4.78 is 0. The molecule has 0 aliphatic heterocycles. The average molecular weight is 359 g/mol. The Morgan fingerprint density at radius 3 is 0.960 bits per heavy atom. The molecule has 0 aliphatic carbocycles. The summed E-state index contributed by atoms with van der Waals surface area (Å²) in [7, 11) is 0. The van der Waals surface area contributed by atoms with Crippen molar-refractivity contribution in [3.05, 3.63) is 12.2 Å². The molecule has 1 N–H and O–H groups in total. The van der Waals surface area contributed by atoms with Crippen LogP contribution in [0.3, 0.4) is 0 Å². The van der Waals surface area contributed by atoms with Gasteiger partial charge in [0.25, 0.3) is 0 Å². The van der Waals surface area contributed by atoms with Crippen LogP contribution in [0, 0.1) is 35.5 Å². The number of rotatable bonds is 5. The molecule has 0 aliphatic rings. The number of hydrogen-bond acceptors (Lipinski definition) is 2. The Morgan fingerprint density at radius 2 is 0.960 bits per heavy atom. The first-order valence-corrected chi connectivity index (χ1v) is 9.88. The molecule has 0 aromatic heterocycles. The van der Waals surface area contributed by atoms with Crippen LogP contribution in [0.2, 0.25) is 0 Å². The first-order valence-electron chi connectivity index (χ1n) is 9.88. The molecule has 0 bridgehead atoms. The van der Waals surface area contributed by atoms with E-state index in [0.29, 0.717) is 24.4 Å². The van der Waals surface area contributed by atoms with Crippen molar-refractivity contribution in [1.82, 2.24) is 0 Å². The van der Waals surface area contributed by atoms with Crippen molar-refractivity contribution < 1.29 is 9.90 Å². The Bertz CT molecular complexity index is 275. The lowest BCUT2D eigenvalue weighted by molar-refractivity contribution is -0.119. The van der Waals surface area contributed by atoms with E-state index in [-0.39, 0.29) is 11.7 Å². The molecule has 2 heteroatoms. The molecular weight excluding hydrogens is 308 g/mol. The molecule has 0 aromatic rings. The molecule has 2 nitrogen and oxygen atoms in total. The Hall–Kier alpha value is -0.630. The van der Waals surface area contributed by atoms with Crippen LogP contribution in [0.1, 0.15) is 90.0 Å². The van der Waals surface area contributed by atoms with E-state index >= 15 is 0 Å². The smallest absolute Gasteiger partial charge is 0.132 e. The van der Waals surface area contributed by atoms with Gasteiger partial charge in [-0.1, -0.05) is 88.3 Å². The lowest BCUT2D eigenvalue weighted by Crippen LogP contribution is -2.07. The van der Waals surface area contributed by atoms with E-state index in [9.17, 15) is 4.79 Å². The summed E-state index contributed by atoms with van der Waals surface area (Å²) in [4.78, 5) is 10.1. The van der Waals surface area contributed by atoms with Crippen LogP contribution < -0.4 is 0 Å². The van der Waals surface area contributed by atoms with Crippen LogP contribution >= 0.6 is 0 Å². The zero-order chi connectivity index (χ0) is 21.3. The number of aliphatic hydroxyl groups excluding tert-OH is 1. The van der Waals surface area contributed by atoms with Crippen LogP contribution in [0.25, 0.3) is 0 Å². The van der Waals surface area contributed by atoms with Gasteiger partial charge in [0.2, 0.25) is 0 Å². The maximum absolute atomic E-state index is 10.1. The highest BCUT2D eigenvalue weighted by molar-refractivity contribution is 5.77. The van der Waals surface area contributed by atoms with Gasteiger partial charge in [-0.25, -0.2) is 0 Å². The summed E-state index contributed by atoms with van der Waals surface area (Å²) in [6, 6.07) is 0. The molecule has 0 radical (unpaired) electrons. The normalized spacial score (nSPS) is 11.3. The summed E-state index contributed by atoms with van der Waals surface area (Å²) >= 11 is 0. The Kier molecular flexibility index (Phi) is 25.3. The zero-order valence-corrected chi connectivity index (χ0v) is 19.7. The molecular formula is C23H50O2. The van der Waals surface area contributed by atoms with Gasteiger partial charge in [-0.2, -0.15) is 0 Å². The molecule has 0 spiro atoms. The van der Waals surface area contributed by atoms with Crippen molar-refractivity contribution in [3.8, 4) is 0 Å². The predicted octanol–water partition coefficient (Wildman–Crippen LogP) is 7.02. The molecule has 0 aromatic carbocycles. The van der Waals surface area contributed by atoms with Gasteiger partial charge in [0.1, 0.15) is 5.78 Å². The number of carbonyl (C=O) groups excluding carboxylic acids is 1. The van der Waals surface area contributed by atoms with Gasteiger partial charge < -0.3 is 5.11 Å². The predicted molar refractivity (Wildman–Crippen MR) is 116 cm³/mol. The van der Waals surface area contributed by atoms with Crippen LogP contribution in [0.15, 0.2) is 12.2 Å². The molecule has 0 heterocycles. The van der Waals surface area contributed by atoms with Gasteiger partial charge in [-0.05, 0) is 43.4 Å². The van der Waals surface area contributed by atoms with Crippen molar-refractivity contribution in [1.29, 1.82) is 0 Å². The lowest BCUT2D eigenvalue weighted by Gasteiger charge is -2.09. The minimum atomic E-state index is 0.213. The maximum atomic E-state index is 10.1. The van der Waals surface area contributed by atoms with Gasteiger partial charge in [-0.3, -0.25) is 4.79 Å². The molecule has 154 valence electrons. The summed E-state index contributed by atoms with van der Waals surface area (Å²) in [6.07, 6.45) is 0. The van der Waals surface area contributed by atoms with Gasteiger partial charge >= 0.3 is 0 Å². The largest absolute Gasteiger partial charge is 0.396 e. The third-order valence-electron chi connectivity index (χ3n) is 4.56. The van der Waals surface area contributed by atoms with Gasteiger partial charge in [0, 0.05) is 12.5 Å². The number of carbonyl (C=O) groups is 1. The van der Waals surface area contributed by atoms with Crippen LogP contribution in [-0.4, -0.2) is 17.5 Å². The fourth-order valence-corrected chi connectivity index (χ4v) is 0.211. The molecule has 1 atom stereocenters. The number of aliphatic hydroxyl groups is 1. The standard InChI is InChI=1S/C6H14O.C6H14.C6H12.C5H10O/c1-5(2)6(3)4-7;2*1-5(2)6(3)4;1-4(2)5(3)6/h5-7H,4H2,1-3H3;5-6H,1-4H3;6H,1H2,2-4H3;4H,1-3H3. The maximum Gasteiger partial charge on any atom is 0.132 e. The SMILES string of the molecule is C=C(C)C(C)C.CC(=O)C(C)C.CC(C)C(C)C.CC(C)C(C)CO. The first-order chi connectivity index (χ1) is 11.1. The lowest BCUT2D eigenvalue weighted by atomic mass is 10.00. The van der Waals surface area contributed by atoms with E-state index in [1.807, 2.05) is 27.7 Å². The third-order valence-corrected chi connectivity index (χ3v) is 4.56. The van der Waals surface area contributed by atoms with Crippen molar-refractivity contribution in [2.24, 2.45) is 35.5 Å². The van der Waals surface area contributed by atoms with E-state index in [2.05, 4.69) is 62.0 Å². The van der Waals surface area contributed by atoms with Crippen LogP contribution in [0.4, 0.5) is 0 Å². The molecule has 0 saturated heterocycles. The Balaban J connectivity index is -0.000000118. The summed E-state index contributed by atoms with van der Waals surface area (Å²) in [6.45, 7) is 31.0. The van der Waals surface area contributed by atoms with Crippen molar-refractivity contribution in [2.75, 3.05) is 6.61 Å². The molecule has 0 saturated carbocycles. The fourth-order valence-electron chi connectivity index (χ4n) is 0.211. The van der Waals surface area contributed by atoms with Gasteiger partial charge in [-0.15, -0.1) is 0 Å². The highest BCUT2D eigenvalue weighted by atomic mass is 16.3. The second-order valence-corrected chi connectivity index (χ2v) is 8.66. The van der Waals surface area contributed by atoms with E-state index < -0.39 is 0 Å². The summed E-state index contributed by atoms with van der Waals surface area (Å²) in [5, 5.41) is 8.51. The second kappa shape index (κ2) is 19.7. The molecule has 0 fully saturated rings. The van der Waals surface area contributed by atoms with Gasteiger partial charge in [0.15, 0.2) is 0 Å². The number of allylic oxidation sites excluding steroid dienone is 1. The van der Waals surface area contributed by atoms with Crippen molar-refractivity contribution in [2.45, 2.75) is 90.0 Å². The van der Waals surface area contributed by atoms with E-state index in [0.717, 1.165) is 11.8 Å². The topological polar surface area (TPSA) is 37.3 Å². The minimum Gasteiger partial charge on any atom is -0.396 e. The van der Waals surface area contributed by atoms with Crippen molar-refractivity contribution in [3.63, 3.8) is 0 Å². The number of ketones is 1. The fraction of sp³-hybridized carbons (Fsp3) is 0.870. The Morgan fingerprint density at radius 1 is 0.720 bits per heavy atom. The third kappa shape index (κ3) is 35.4. The Labute approximate surface area is 160 Å². The second-order valence-electron chi connectivity index (χ2n) is 8.66. The van der Waals surface area contributed by atoms with Gasteiger partial charge in [0.05, 0.1) is 0 Å². The van der Waals surface area contributed by atoms with Crippen LogP contribution in [-0.2, 0) is 4.79 Å². The van der Waals surface area contributed by atoms with E-state index in [1.54, 1.807) is 6.92 Å². The minimum absolute atomic E-state index is 0.213. The van der Waals surface area contributed by atoms with Crippen LogP contribution in [0.5, 0.6) is 0 Å². The monoisotopic (exact) mass is 358 g/mol. The quantitative estimate of drug-likeness (QED) is 0.536. The van der Waals surface area contributed by atoms with E-state index in [1.165, 1.54) is 5.57 Å². The highest BCUT2D eigenvalue weighted by Gasteiger charge is 2.02.